The van der Waals surface area contributed by atoms with Gasteiger partial charge in [0, 0.05) is 24.7 Å². The van der Waals surface area contributed by atoms with Gasteiger partial charge in [0.25, 0.3) is 0 Å². The van der Waals surface area contributed by atoms with Crippen LogP contribution in [-0.4, -0.2) is 33.9 Å². The Labute approximate surface area is 88.7 Å². The maximum Gasteiger partial charge on any atom is 0.209 e. The van der Waals surface area contributed by atoms with Gasteiger partial charge in [-0.25, -0.2) is 4.98 Å². The van der Waals surface area contributed by atoms with Gasteiger partial charge in [-0.1, -0.05) is 0 Å². The lowest BCUT2D eigenvalue weighted by Crippen LogP contribution is -2.27. The molecule has 0 aromatic carbocycles. The van der Waals surface area contributed by atoms with Gasteiger partial charge in [-0.15, -0.1) is 0 Å². The Morgan fingerprint density at radius 3 is 3.07 bits per heavy atom. The van der Waals surface area contributed by atoms with Crippen molar-refractivity contribution in [2.75, 3.05) is 6.54 Å². The fraction of sp³-hybridized carbons (Fsp3) is 0.636. The molecule has 0 radical (unpaired) electrons. The number of carbonyl (C=O) groups excluding carboxylic acids is 1. The predicted octanol–water partition coefficient (Wildman–Crippen LogP) is 1.13. The Balaban J connectivity index is 1.61. The summed E-state index contributed by atoms with van der Waals surface area (Å²) in [5.41, 5.74) is 1.10. The molecule has 4 heteroatoms. The van der Waals surface area contributed by atoms with Gasteiger partial charge in [0.2, 0.25) is 6.41 Å². The van der Waals surface area contributed by atoms with E-state index in [1.807, 2.05) is 11.1 Å². The molecule has 1 amide bonds. The van der Waals surface area contributed by atoms with Crippen LogP contribution in [-0.2, 0) is 4.79 Å². The minimum atomic E-state index is 0.409. The Morgan fingerprint density at radius 2 is 2.47 bits per heavy atom. The average Bonchev–Trinajstić information content (AvgIpc) is 3.16. The molecule has 2 saturated carbocycles. The Morgan fingerprint density at radius 1 is 1.60 bits per heavy atom. The third-order valence-electron chi connectivity index (χ3n) is 3.38. The van der Waals surface area contributed by atoms with Gasteiger partial charge in [0.15, 0.2) is 0 Å². The molecule has 2 atom stereocenters. The van der Waals surface area contributed by atoms with Gasteiger partial charge in [0.05, 0.1) is 12.0 Å². The fourth-order valence-corrected chi connectivity index (χ4v) is 2.20. The molecule has 2 aliphatic carbocycles. The molecule has 1 N–H and O–H groups in total. The summed E-state index contributed by atoms with van der Waals surface area (Å²) in [4.78, 5) is 20.1. The molecule has 1 aromatic rings. The summed E-state index contributed by atoms with van der Waals surface area (Å²) in [7, 11) is 0. The van der Waals surface area contributed by atoms with Crippen LogP contribution < -0.4 is 0 Å². The van der Waals surface area contributed by atoms with Crippen molar-refractivity contribution in [1.29, 1.82) is 0 Å². The summed E-state index contributed by atoms with van der Waals surface area (Å²) in [6.45, 7) is 0.953. The summed E-state index contributed by atoms with van der Waals surface area (Å²) >= 11 is 0. The van der Waals surface area contributed by atoms with Gasteiger partial charge in [-0.2, -0.15) is 0 Å². The first-order chi connectivity index (χ1) is 7.38. The largest absolute Gasteiger partial charge is 0.351 e. The predicted molar refractivity (Wildman–Crippen MR) is 55.2 cm³/mol. The van der Waals surface area contributed by atoms with Crippen molar-refractivity contribution in [1.82, 2.24) is 14.9 Å². The van der Waals surface area contributed by atoms with Gasteiger partial charge >= 0.3 is 0 Å². The van der Waals surface area contributed by atoms with Crippen molar-refractivity contribution >= 4 is 6.41 Å². The maximum absolute atomic E-state index is 11.0. The first-order valence-electron chi connectivity index (χ1n) is 5.58. The first-order valence-corrected chi connectivity index (χ1v) is 5.58. The van der Waals surface area contributed by atoms with E-state index >= 15 is 0 Å². The summed E-state index contributed by atoms with van der Waals surface area (Å²) in [5, 5.41) is 0. The molecule has 0 unspecified atom stereocenters. The lowest BCUT2D eigenvalue weighted by Gasteiger charge is -2.16. The highest BCUT2D eigenvalue weighted by molar-refractivity contribution is 5.50. The normalized spacial score (nSPS) is 28.8. The van der Waals surface area contributed by atoms with Gasteiger partial charge in [-0.05, 0) is 25.2 Å². The number of H-pyrrole nitrogens is 1. The van der Waals surface area contributed by atoms with Crippen LogP contribution in [0, 0.1) is 5.92 Å². The fourth-order valence-electron chi connectivity index (χ4n) is 2.20. The Hall–Kier alpha value is -1.32. The number of rotatable bonds is 5. The van der Waals surface area contributed by atoms with Crippen LogP contribution in [0.2, 0.25) is 0 Å². The third kappa shape index (κ3) is 1.76. The van der Waals surface area contributed by atoms with Crippen LogP contribution in [0.4, 0.5) is 0 Å². The highest BCUT2D eigenvalue weighted by Gasteiger charge is 2.44. The Bertz CT molecular complexity index is 345. The monoisotopic (exact) mass is 205 g/mol. The molecule has 2 aliphatic rings. The number of aromatic amines is 1. The summed E-state index contributed by atoms with van der Waals surface area (Å²) < 4.78 is 0. The van der Waals surface area contributed by atoms with Crippen LogP contribution >= 0.6 is 0 Å². The van der Waals surface area contributed by atoms with Crippen molar-refractivity contribution < 1.29 is 4.79 Å². The zero-order valence-corrected chi connectivity index (χ0v) is 8.60. The zero-order chi connectivity index (χ0) is 10.3. The summed E-state index contributed by atoms with van der Waals surface area (Å²) in [6.07, 6.45) is 8.32. The number of nitrogens with zero attached hydrogens (tertiary/aromatic N) is 2. The number of carbonyl (C=O) groups is 1. The number of imidazole rings is 1. The topological polar surface area (TPSA) is 49.0 Å². The SMILES string of the molecule is O=CN(CC1CC1)[C@@H]1C[C@H]1c1c[nH]cn1. The number of amides is 1. The van der Waals surface area contributed by atoms with Gasteiger partial charge < -0.3 is 9.88 Å². The standard InChI is InChI=1S/C11H15N3O/c15-7-14(5-8-1-2-8)11-3-9(11)10-4-12-6-13-10/h4,6-9,11H,1-3,5H2,(H,12,13)/t9-,11+/m0/s1. The molecule has 0 bridgehead atoms. The lowest BCUT2D eigenvalue weighted by molar-refractivity contribution is -0.118. The maximum atomic E-state index is 11.0. The summed E-state index contributed by atoms with van der Waals surface area (Å²) in [5.74, 6) is 1.25. The van der Waals surface area contributed by atoms with E-state index in [4.69, 9.17) is 0 Å². The molecule has 80 valence electrons. The van der Waals surface area contributed by atoms with Crippen LogP contribution in [0.25, 0.3) is 0 Å². The quantitative estimate of drug-likeness (QED) is 0.733. The van der Waals surface area contributed by atoms with E-state index in [-0.39, 0.29) is 0 Å². The van der Waals surface area contributed by atoms with Crippen molar-refractivity contribution in [2.24, 2.45) is 5.92 Å². The second-order valence-corrected chi connectivity index (χ2v) is 4.65. The van der Waals surface area contributed by atoms with Crippen LogP contribution in [0.1, 0.15) is 30.9 Å². The zero-order valence-electron chi connectivity index (χ0n) is 8.60. The number of aromatic nitrogens is 2. The number of hydrogen-bond acceptors (Lipinski definition) is 2. The van der Waals surface area contributed by atoms with Crippen molar-refractivity contribution in [3.8, 4) is 0 Å². The molecular weight excluding hydrogens is 190 g/mol. The molecule has 3 rings (SSSR count). The van der Waals surface area contributed by atoms with E-state index in [2.05, 4.69) is 9.97 Å². The van der Waals surface area contributed by atoms with Gasteiger partial charge in [-0.3, -0.25) is 4.79 Å². The second-order valence-electron chi connectivity index (χ2n) is 4.65. The second kappa shape index (κ2) is 3.36. The highest BCUT2D eigenvalue weighted by Crippen LogP contribution is 2.44. The minimum absolute atomic E-state index is 0.409. The lowest BCUT2D eigenvalue weighted by atomic mass is 10.3. The third-order valence-corrected chi connectivity index (χ3v) is 3.38. The van der Waals surface area contributed by atoms with Crippen LogP contribution in [0.15, 0.2) is 12.5 Å². The number of hydrogen-bond donors (Lipinski definition) is 1. The minimum Gasteiger partial charge on any atom is -0.351 e. The van der Waals surface area contributed by atoms with Crippen molar-refractivity contribution in [2.45, 2.75) is 31.2 Å². The van der Waals surface area contributed by atoms with Crippen molar-refractivity contribution in [3.05, 3.63) is 18.2 Å². The molecular formula is C11H15N3O. The van der Waals surface area contributed by atoms with Gasteiger partial charge in [0.1, 0.15) is 0 Å². The van der Waals surface area contributed by atoms with E-state index in [0.29, 0.717) is 12.0 Å². The van der Waals surface area contributed by atoms with E-state index in [0.717, 1.165) is 31.0 Å². The van der Waals surface area contributed by atoms with E-state index in [1.165, 1.54) is 12.8 Å². The first kappa shape index (κ1) is 8.95. The van der Waals surface area contributed by atoms with E-state index in [1.54, 1.807) is 6.33 Å². The molecule has 0 aliphatic heterocycles. The van der Waals surface area contributed by atoms with Crippen LogP contribution in [0.3, 0.4) is 0 Å². The molecule has 4 nitrogen and oxygen atoms in total. The van der Waals surface area contributed by atoms with Crippen molar-refractivity contribution in [3.63, 3.8) is 0 Å². The molecule has 1 heterocycles. The molecule has 2 fully saturated rings. The average molecular weight is 205 g/mol. The molecule has 0 spiro atoms. The molecule has 1 aromatic heterocycles. The highest BCUT2D eigenvalue weighted by atomic mass is 16.1. The van der Waals surface area contributed by atoms with Crippen LogP contribution in [0.5, 0.6) is 0 Å². The van der Waals surface area contributed by atoms with E-state index in [9.17, 15) is 4.79 Å². The van der Waals surface area contributed by atoms with E-state index < -0.39 is 0 Å². The summed E-state index contributed by atoms with van der Waals surface area (Å²) in [6, 6.07) is 0.409. The molecule has 15 heavy (non-hydrogen) atoms. The Kier molecular flexibility index (Phi) is 2.01. The molecule has 0 saturated heterocycles. The number of nitrogens with one attached hydrogen (secondary N) is 1. The smallest absolute Gasteiger partial charge is 0.209 e.